The molecule has 0 radical (unpaired) electrons. The molecule has 0 aliphatic carbocycles. The fourth-order valence-corrected chi connectivity index (χ4v) is 2.18. The van der Waals surface area contributed by atoms with E-state index in [1.54, 1.807) is 0 Å². The molecule has 2 heteroatoms. The van der Waals surface area contributed by atoms with Crippen LogP contribution in [0.1, 0.15) is 11.1 Å². The summed E-state index contributed by atoms with van der Waals surface area (Å²) >= 11 is 0.787. The van der Waals surface area contributed by atoms with Crippen molar-refractivity contribution in [3.63, 3.8) is 0 Å². The minimum absolute atomic E-state index is 0.787. The summed E-state index contributed by atoms with van der Waals surface area (Å²) in [6.45, 7) is 4.21. The SMILES string of the molecule is Cc1ccc(-c2cccc(SO)c2)c(C)c1. The summed E-state index contributed by atoms with van der Waals surface area (Å²) in [6.07, 6.45) is 0. The molecule has 0 atom stereocenters. The highest BCUT2D eigenvalue weighted by Gasteiger charge is 2.02. The van der Waals surface area contributed by atoms with Crippen LogP contribution in [-0.4, -0.2) is 4.55 Å². The third-order valence-electron chi connectivity index (χ3n) is 2.63. The summed E-state index contributed by atoms with van der Waals surface area (Å²) in [5, 5.41) is 0. The van der Waals surface area contributed by atoms with Crippen LogP contribution >= 0.6 is 12.0 Å². The van der Waals surface area contributed by atoms with Gasteiger partial charge in [0.1, 0.15) is 0 Å². The molecule has 2 aromatic carbocycles. The van der Waals surface area contributed by atoms with Gasteiger partial charge >= 0.3 is 0 Å². The second kappa shape index (κ2) is 4.73. The highest BCUT2D eigenvalue weighted by atomic mass is 32.2. The molecule has 1 nitrogen and oxygen atoms in total. The van der Waals surface area contributed by atoms with E-state index in [2.05, 4.69) is 38.1 Å². The van der Waals surface area contributed by atoms with E-state index in [4.69, 9.17) is 4.55 Å². The Labute approximate surface area is 100 Å². The molecule has 0 bridgehead atoms. The molecule has 0 saturated carbocycles. The minimum Gasteiger partial charge on any atom is -0.325 e. The van der Waals surface area contributed by atoms with E-state index in [1.165, 1.54) is 16.7 Å². The van der Waals surface area contributed by atoms with E-state index in [1.807, 2.05) is 18.2 Å². The highest BCUT2D eigenvalue weighted by Crippen LogP contribution is 2.27. The van der Waals surface area contributed by atoms with Crippen molar-refractivity contribution in [3.05, 3.63) is 53.6 Å². The zero-order chi connectivity index (χ0) is 11.5. The summed E-state index contributed by atoms with van der Waals surface area (Å²) in [5.74, 6) is 0. The van der Waals surface area contributed by atoms with Gasteiger partial charge in [-0.25, -0.2) is 0 Å². The molecule has 0 fully saturated rings. The summed E-state index contributed by atoms with van der Waals surface area (Å²) in [6, 6.07) is 14.4. The summed E-state index contributed by atoms with van der Waals surface area (Å²) < 4.78 is 9.04. The highest BCUT2D eigenvalue weighted by molar-refractivity contribution is 7.93. The maximum Gasteiger partial charge on any atom is 0.0356 e. The molecule has 2 rings (SSSR count). The fourth-order valence-electron chi connectivity index (χ4n) is 1.86. The first-order valence-electron chi connectivity index (χ1n) is 5.20. The van der Waals surface area contributed by atoms with Crippen LogP contribution in [0.25, 0.3) is 11.1 Å². The molecule has 0 aliphatic heterocycles. The van der Waals surface area contributed by atoms with Crippen LogP contribution in [0.15, 0.2) is 47.4 Å². The molecule has 16 heavy (non-hydrogen) atoms. The van der Waals surface area contributed by atoms with E-state index in [0.717, 1.165) is 22.5 Å². The summed E-state index contributed by atoms with van der Waals surface area (Å²) in [7, 11) is 0. The summed E-state index contributed by atoms with van der Waals surface area (Å²) in [4.78, 5) is 0.873. The normalized spacial score (nSPS) is 10.4. The third kappa shape index (κ3) is 2.29. The zero-order valence-electron chi connectivity index (χ0n) is 9.40. The topological polar surface area (TPSA) is 20.2 Å². The van der Waals surface area contributed by atoms with Crippen molar-refractivity contribution in [2.24, 2.45) is 0 Å². The van der Waals surface area contributed by atoms with Crippen LogP contribution in [0.4, 0.5) is 0 Å². The molecule has 0 saturated heterocycles. The van der Waals surface area contributed by atoms with Crippen LogP contribution in [0.2, 0.25) is 0 Å². The smallest absolute Gasteiger partial charge is 0.0356 e. The molecule has 0 heterocycles. The fraction of sp³-hybridized carbons (Fsp3) is 0.143. The van der Waals surface area contributed by atoms with Crippen molar-refractivity contribution in [2.75, 3.05) is 0 Å². The van der Waals surface area contributed by atoms with Gasteiger partial charge in [-0.05, 0) is 42.7 Å². The van der Waals surface area contributed by atoms with E-state index in [0.29, 0.717) is 0 Å². The lowest BCUT2D eigenvalue weighted by atomic mass is 9.99. The van der Waals surface area contributed by atoms with Gasteiger partial charge in [0.25, 0.3) is 0 Å². The van der Waals surface area contributed by atoms with Crippen molar-refractivity contribution in [2.45, 2.75) is 18.7 Å². The molecular weight excluding hydrogens is 216 g/mol. The van der Waals surface area contributed by atoms with Gasteiger partial charge in [0.15, 0.2) is 0 Å². The second-order valence-electron chi connectivity index (χ2n) is 3.94. The minimum atomic E-state index is 0.787. The van der Waals surface area contributed by atoms with Gasteiger partial charge in [-0.15, -0.1) is 0 Å². The Morgan fingerprint density at radius 3 is 2.50 bits per heavy atom. The molecule has 0 amide bonds. The number of hydrogen-bond donors (Lipinski definition) is 1. The van der Waals surface area contributed by atoms with Gasteiger partial charge in [-0.3, -0.25) is 0 Å². The quantitative estimate of drug-likeness (QED) is 0.764. The molecule has 1 N–H and O–H groups in total. The van der Waals surface area contributed by atoms with Crippen molar-refractivity contribution in [1.82, 2.24) is 0 Å². The van der Waals surface area contributed by atoms with Gasteiger partial charge in [-0.2, -0.15) is 0 Å². The zero-order valence-corrected chi connectivity index (χ0v) is 10.2. The Bertz CT molecular complexity index is 506. The Morgan fingerprint density at radius 2 is 1.81 bits per heavy atom. The van der Waals surface area contributed by atoms with Crippen molar-refractivity contribution < 1.29 is 4.55 Å². The standard InChI is InChI=1S/C14H14OS/c1-10-6-7-14(11(2)8-10)12-4-3-5-13(9-12)16-15/h3-9,15H,1-2H3. The first-order chi connectivity index (χ1) is 7.70. The predicted octanol–water partition coefficient (Wildman–Crippen LogP) is 4.54. The monoisotopic (exact) mass is 230 g/mol. The number of benzene rings is 2. The maximum atomic E-state index is 9.04. The molecule has 82 valence electrons. The van der Waals surface area contributed by atoms with Crippen molar-refractivity contribution in [3.8, 4) is 11.1 Å². The third-order valence-corrected chi connectivity index (χ3v) is 3.10. The number of aryl methyl sites for hydroxylation is 2. The molecule has 0 unspecified atom stereocenters. The lowest BCUT2D eigenvalue weighted by Crippen LogP contribution is -1.85. The van der Waals surface area contributed by atoms with Crippen molar-refractivity contribution >= 4 is 12.0 Å². The molecule has 0 spiro atoms. The lowest BCUT2D eigenvalue weighted by molar-refractivity contribution is 0.664. The van der Waals surface area contributed by atoms with Crippen LogP contribution in [0.3, 0.4) is 0 Å². The van der Waals surface area contributed by atoms with E-state index in [-0.39, 0.29) is 0 Å². The summed E-state index contributed by atoms with van der Waals surface area (Å²) in [5.41, 5.74) is 4.91. The Morgan fingerprint density at radius 1 is 1.00 bits per heavy atom. The van der Waals surface area contributed by atoms with Crippen molar-refractivity contribution in [1.29, 1.82) is 0 Å². The first-order valence-corrected chi connectivity index (χ1v) is 5.97. The molecular formula is C14H14OS. The van der Waals surface area contributed by atoms with E-state index < -0.39 is 0 Å². The van der Waals surface area contributed by atoms with Gasteiger partial charge in [0.05, 0.1) is 0 Å². The Balaban J connectivity index is 2.49. The molecule has 2 aromatic rings. The van der Waals surface area contributed by atoms with Crippen LogP contribution in [0.5, 0.6) is 0 Å². The van der Waals surface area contributed by atoms with Gasteiger partial charge in [-0.1, -0.05) is 35.9 Å². The van der Waals surface area contributed by atoms with Crippen LogP contribution in [0, 0.1) is 13.8 Å². The average Bonchev–Trinajstić information content (AvgIpc) is 2.29. The largest absolute Gasteiger partial charge is 0.325 e. The molecule has 0 aliphatic rings. The number of rotatable bonds is 2. The maximum absolute atomic E-state index is 9.04. The Kier molecular flexibility index (Phi) is 3.32. The second-order valence-corrected chi connectivity index (χ2v) is 4.59. The van der Waals surface area contributed by atoms with Gasteiger partial charge in [0, 0.05) is 16.9 Å². The van der Waals surface area contributed by atoms with Gasteiger partial charge < -0.3 is 4.55 Å². The van der Waals surface area contributed by atoms with Gasteiger partial charge in [0.2, 0.25) is 0 Å². The average molecular weight is 230 g/mol. The van der Waals surface area contributed by atoms with E-state index in [9.17, 15) is 0 Å². The van der Waals surface area contributed by atoms with E-state index >= 15 is 0 Å². The first kappa shape index (κ1) is 11.2. The lowest BCUT2D eigenvalue weighted by Gasteiger charge is -2.07. The molecule has 0 aromatic heterocycles. The van der Waals surface area contributed by atoms with Crippen LogP contribution in [-0.2, 0) is 0 Å². The van der Waals surface area contributed by atoms with Crippen LogP contribution < -0.4 is 0 Å². The number of hydrogen-bond acceptors (Lipinski definition) is 2. The Hall–Kier alpha value is -1.25. The predicted molar refractivity (Wildman–Crippen MR) is 69.8 cm³/mol.